The number of ether oxygens (including phenoxy) is 2. The molecule has 0 spiro atoms. The Balaban J connectivity index is 0.000000568. The average molecular weight is 418 g/mol. The Morgan fingerprint density at radius 3 is 2.68 bits per heavy atom. The van der Waals surface area contributed by atoms with Crippen LogP contribution in [-0.4, -0.2) is 45.8 Å². The van der Waals surface area contributed by atoms with Crippen molar-refractivity contribution < 1.29 is 23.7 Å². The molecule has 0 amide bonds. The molecule has 11 heteroatoms. The van der Waals surface area contributed by atoms with E-state index in [0.717, 1.165) is 6.42 Å². The fourth-order valence-electron chi connectivity index (χ4n) is 2.51. The van der Waals surface area contributed by atoms with Crippen LogP contribution in [0.3, 0.4) is 0 Å². The van der Waals surface area contributed by atoms with E-state index in [2.05, 4.69) is 14.8 Å². The predicted molar refractivity (Wildman–Crippen MR) is 106 cm³/mol. The number of nitrogens with one attached hydrogen (secondary N) is 1. The third-order valence-electron chi connectivity index (χ3n) is 3.66. The summed E-state index contributed by atoms with van der Waals surface area (Å²) in [6, 6.07) is 1.72. The second-order valence-corrected chi connectivity index (χ2v) is 8.10. The highest BCUT2D eigenvalue weighted by Crippen LogP contribution is 2.35. The minimum absolute atomic E-state index is 0.0301. The van der Waals surface area contributed by atoms with Gasteiger partial charge in [-0.15, -0.1) is 0 Å². The molecular weight excluding hydrogens is 387 g/mol. The van der Waals surface area contributed by atoms with E-state index in [1.807, 2.05) is 20.8 Å². The fourth-order valence-corrected chi connectivity index (χ4v) is 3.33. The molecule has 1 fully saturated rings. The summed E-state index contributed by atoms with van der Waals surface area (Å²) in [7, 11) is -1.66. The van der Waals surface area contributed by atoms with Crippen molar-refractivity contribution in [1.29, 1.82) is 0 Å². The number of anilines is 1. The van der Waals surface area contributed by atoms with E-state index >= 15 is 0 Å². The molecule has 1 aliphatic rings. The first-order valence-corrected chi connectivity index (χ1v) is 10.3. The highest BCUT2D eigenvalue weighted by atomic mass is 31.2. The second-order valence-electron chi connectivity index (χ2n) is 7.04. The van der Waals surface area contributed by atoms with Gasteiger partial charge >= 0.3 is 5.69 Å². The Kier molecular flexibility index (Phi) is 10.6. The van der Waals surface area contributed by atoms with E-state index in [4.69, 9.17) is 15.0 Å². The molecule has 160 valence electrons. The summed E-state index contributed by atoms with van der Waals surface area (Å²) in [5, 5.41) is 2.90. The first-order chi connectivity index (χ1) is 13.1. The Morgan fingerprint density at radius 1 is 1.50 bits per heavy atom. The number of carbonyl (C=O) groups excluding carboxylic acids is 1. The molecule has 1 aromatic rings. The average Bonchev–Trinajstić information content (AvgIpc) is 2.93. The molecule has 2 rings (SSSR count). The van der Waals surface area contributed by atoms with Crippen LogP contribution >= 0.6 is 8.53 Å². The number of hydrogen-bond acceptors (Lipinski definition) is 9. The minimum Gasteiger partial charge on any atom is -0.465 e. The van der Waals surface area contributed by atoms with Gasteiger partial charge in [0.1, 0.15) is 12.0 Å². The van der Waals surface area contributed by atoms with Gasteiger partial charge in [-0.2, -0.15) is 4.98 Å². The van der Waals surface area contributed by atoms with Gasteiger partial charge in [-0.3, -0.25) is 9.36 Å². The van der Waals surface area contributed by atoms with Gasteiger partial charge in [0.25, 0.3) is 15.0 Å². The summed E-state index contributed by atoms with van der Waals surface area (Å²) >= 11 is 0. The van der Waals surface area contributed by atoms with E-state index in [1.165, 1.54) is 4.57 Å². The van der Waals surface area contributed by atoms with Crippen LogP contribution in [0.15, 0.2) is 17.1 Å². The Bertz CT molecular complexity index is 657. The fraction of sp³-hybridized carbons (Fsp3) is 0.706. The van der Waals surface area contributed by atoms with Crippen molar-refractivity contribution in [3.05, 3.63) is 22.7 Å². The summed E-state index contributed by atoms with van der Waals surface area (Å²) < 4.78 is 17.0. The van der Waals surface area contributed by atoms with Crippen LogP contribution in [0.4, 0.5) is 5.82 Å². The van der Waals surface area contributed by atoms with Gasteiger partial charge in [0.05, 0.1) is 18.8 Å². The maximum absolute atomic E-state index is 11.9. The predicted octanol–water partition coefficient (Wildman–Crippen LogP) is 1.55. The number of rotatable bonds is 8. The normalized spacial score (nSPS) is 22.6. The highest BCUT2D eigenvalue weighted by Gasteiger charge is 2.34. The monoisotopic (exact) mass is 418 g/mol. The molecule has 1 aliphatic heterocycles. The lowest BCUT2D eigenvalue weighted by atomic mass is 10.1. The molecule has 28 heavy (non-hydrogen) atoms. The zero-order valence-corrected chi connectivity index (χ0v) is 17.8. The lowest BCUT2D eigenvalue weighted by Crippen LogP contribution is -2.29. The van der Waals surface area contributed by atoms with E-state index in [-0.39, 0.29) is 36.6 Å². The molecule has 4 unspecified atom stereocenters. The van der Waals surface area contributed by atoms with Crippen LogP contribution in [0, 0.1) is 5.92 Å². The van der Waals surface area contributed by atoms with Crippen molar-refractivity contribution in [3.63, 3.8) is 0 Å². The van der Waals surface area contributed by atoms with E-state index in [9.17, 15) is 14.5 Å². The van der Waals surface area contributed by atoms with Gasteiger partial charge < -0.3 is 24.6 Å². The Hall–Kier alpha value is -1.58. The molecule has 0 aliphatic carbocycles. The maximum Gasteiger partial charge on any atom is 0.351 e. The van der Waals surface area contributed by atoms with E-state index < -0.39 is 20.4 Å². The second kappa shape index (κ2) is 12.1. The van der Waals surface area contributed by atoms with Gasteiger partial charge in [-0.25, -0.2) is 9.88 Å². The zero-order valence-electron chi connectivity index (χ0n) is 16.9. The number of nitrogens with zero attached hydrogens (tertiary/aromatic N) is 2. The third-order valence-corrected chi connectivity index (χ3v) is 4.79. The van der Waals surface area contributed by atoms with Gasteiger partial charge in [0, 0.05) is 18.2 Å². The van der Waals surface area contributed by atoms with E-state index in [1.54, 1.807) is 26.1 Å². The molecule has 4 N–H and O–H groups in total. The van der Waals surface area contributed by atoms with Crippen LogP contribution in [0.5, 0.6) is 0 Å². The van der Waals surface area contributed by atoms with Crippen molar-refractivity contribution in [2.24, 2.45) is 5.92 Å². The number of aromatic nitrogens is 2. The van der Waals surface area contributed by atoms with E-state index in [0.29, 0.717) is 6.47 Å². The number of nitrogen functional groups attached to an aromatic ring is 1. The highest BCUT2D eigenvalue weighted by molar-refractivity contribution is 7.43. The van der Waals surface area contributed by atoms with Crippen LogP contribution in [-0.2, 0) is 18.8 Å². The molecule has 4 atom stereocenters. The summed E-state index contributed by atoms with van der Waals surface area (Å²) in [5.41, 5.74) is 5.06. The van der Waals surface area contributed by atoms with Crippen molar-refractivity contribution in [2.45, 2.75) is 65.5 Å². The first kappa shape index (κ1) is 24.5. The molecule has 1 aromatic heterocycles. The van der Waals surface area contributed by atoms with Crippen LogP contribution in [0.2, 0.25) is 0 Å². The number of nitrogens with two attached hydrogens (primary N) is 1. The Labute approximate surface area is 166 Å². The topological polar surface area (TPSA) is 138 Å². The smallest absolute Gasteiger partial charge is 0.351 e. The van der Waals surface area contributed by atoms with Crippen LogP contribution < -0.4 is 16.5 Å². The van der Waals surface area contributed by atoms with Crippen LogP contribution in [0.25, 0.3) is 0 Å². The maximum atomic E-state index is 11.9. The van der Waals surface area contributed by atoms with Gasteiger partial charge in [-0.1, -0.05) is 6.92 Å². The molecule has 10 nitrogen and oxygen atoms in total. The Morgan fingerprint density at radius 2 is 2.18 bits per heavy atom. The molecule has 0 aromatic carbocycles. The van der Waals surface area contributed by atoms with Crippen LogP contribution in [0.1, 0.15) is 47.3 Å². The van der Waals surface area contributed by atoms with Gasteiger partial charge in [0.15, 0.2) is 0 Å². The van der Waals surface area contributed by atoms with Crippen molar-refractivity contribution in [3.8, 4) is 0 Å². The molecule has 2 heterocycles. The van der Waals surface area contributed by atoms with Gasteiger partial charge in [-0.05, 0) is 40.2 Å². The molecule has 0 saturated carbocycles. The SMILES string of the molecule is CC(C)NP(O)OCC1CC(C)C(n2ccc(N)nc2=O)O1.CC(C)OC=O. The third kappa shape index (κ3) is 8.62. The number of hydrogen-bond donors (Lipinski definition) is 3. The zero-order chi connectivity index (χ0) is 21.3. The largest absolute Gasteiger partial charge is 0.465 e. The summed E-state index contributed by atoms with van der Waals surface area (Å²) in [6.45, 7) is 10.2. The van der Waals surface area contributed by atoms with Crippen molar-refractivity contribution >= 4 is 20.8 Å². The molecule has 1 saturated heterocycles. The standard InChI is InChI=1S/C13H23N4O4P.C4H8O2/c1-8(2)16-22(19)20-7-10-6-9(3)12(21-10)17-5-4-11(14)15-13(17)18;1-4(2)6-3-5/h4-5,8-10,12,16,19H,6-7H2,1-3H3,(H2,14,15,18);3-4H,1-2H3. The summed E-state index contributed by atoms with van der Waals surface area (Å²) in [6.07, 6.45) is 1.80. The minimum atomic E-state index is -1.66. The summed E-state index contributed by atoms with van der Waals surface area (Å²) in [4.78, 5) is 34.7. The molecule has 0 bridgehead atoms. The molecule has 0 radical (unpaired) electrons. The lowest BCUT2D eigenvalue weighted by Gasteiger charge is -2.19. The number of carbonyl (C=O) groups is 1. The molecular formula is C17H31N4O6P. The quantitative estimate of drug-likeness (QED) is 0.424. The summed E-state index contributed by atoms with van der Waals surface area (Å²) in [5.74, 6) is 0.331. The van der Waals surface area contributed by atoms with Crippen molar-refractivity contribution in [2.75, 3.05) is 12.3 Å². The lowest BCUT2D eigenvalue weighted by molar-refractivity contribution is -0.131. The van der Waals surface area contributed by atoms with Gasteiger partial charge in [0.2, 0.25) is 0 Å². The first-order valence-electron chi connectivity index (χ1n) is 9.11. The van der Waals surface area contributed by atoms with Crippen molar-refractivity contribution in [1.82, 2.24) is 14.6 Å².